The summed E-state index contributed by atoms with van der Waals surface area (Å²) in [6.45, 7) is 0. The zero-order valence-corrected chi connectivity index (χ0v) is 10.5. The molecule has 0 saturated heterocycles. The second-order valence-corrected chi connectivity index (χ2v) is 5.47. The van der Waals surface area contributed by atoms with Gasteiger partial charge in [-0.3, -0.25) is 5.10 Å². The molecule has 2 heterocycles. The minimum atomic E-state index is 0.669. The number of hydrogen-bond acceptors (Lipinski definition) is 3. The normalized spacial score (nSPS) is 17.0. The van der Waals surface area contributed by atoms with E-state index in [2.05, 4.69) is 16.1 Å². The molecule has 1 N–H and O–H groups in total. The van der Waals surface area contributed by atoms with Crippen molar-refractivity contribution in [3.8, 4) is 5.13 Å². The number of nitrogens with one attached hydrogen (secondary N) is 1. The largest absolute Gasteiger partial charge is 0.295 e. The molecule has 1 fully saturated rings. The first-order chi connectivity index (χ1) is 7.84. The molecule has 5 heteroatoms. The molecular weight excluding hydrogens is 238 g/mol. The molecule has 0 atom stereocenters. The molecule has 0 aromatic carbocycles. The van der Waals surface area contributed by atoms with Crippen LogP contribution in [0.1, 0.15) is 37.3 Å². The van der Waals surface area contributed by atoms with Gasteiger partial charge in [0.2, 0.25) is 5.13 Å². The fourth-order valence-electron chi connectivity index (χ4n) is 2.33. The topological polar surface area (TPSA) is 33.6 Å². The van der Waals surface area contributed by atoms with Gasteiger partial charge in [-0.05, 0) is 18.9 Å². The fourth-order valence-corrected chi connectivity index (χ4v) is 3.26. The van der Waals surface area contributed by atoms with Gasteiger partial charge in [0.15, 0.2) is 0 Å². The van der Waals surface area contributed by atoms with Crippen LogP contribution in [0.5, 0.6) is 0 Å². The van der Waals surface area contributed by atoms with Gasteiger partial charge in [-0.25, -0.2) is 9.67 Å². The van der Waals surface area contributed by atoms with E-state index in [-0.39, 0.29) is 0 Å². The number of aromatic amines is 1. The monoisotopic (exact) mass is 251 g/mol. The van der Waals surface area contributed by atoms with Crippen molar-refractivity contribution in [1.29, 1.82) is 0 Å². The fraction of sp³-hybridized carbons (Fsp3) is 0.455. The molecule has 2 aromatic rings. The van der Waals surface area contributed by atoms with Crippen LogP contribution in [0.2, 0.25) is 0 Å². The third-order valence-corrected chi connectivity index (χ3v) is 4.20. The van der Waals surface area contributed by atoms with Gasteiger partial charge in [-0.2, -0.15) is 0 Å². The van der Waals surface area contributed by atoms with Crippen molar-refractivity contribution in [2.75, 3.05) is 0 Å². The predicted molar refractivity (Wildman–Crippen MR) is 67.8 cm³/mol. The summed E-state index contributed by atoms with van der Waals surface area (Å²) in [5, 5.41) is 6.28. The Hall–Kier alpha value is -0.940. The van der Waals surface area contributed by atoms with Gasteiger partial charge in [-0.15, -0.1) is 11.3 Å². The molecule has 1 aliphatic carbocycles. The van der Waals surface area contributed by atoms with Gasteiger partial charge in [-0.1, -0.05) is 25.1 Å². The van der Waals surface area contributed by atoms with Crippen LogP contribution in [0.3, 0.4) is 0 Å². The maximum absolute atomic E-state index is 5.35. The third kappa shape index (κ3) is 1.74. The Labute approximate surface area is 103 Å². The summed E-state index contributed by atoms with van der Waals surface area (Å²) in [7, 11) is 0. The Balaban J connectivity index is 1.99. The van der Waals surface area contributed by atoms with E-state index in [0.717, 1.165) is 9.77 Å². The molecule has 3 nitrogen and oxygen atoms in total. The maximum Gasteiger partial charge on any atom is 0.209 e. The Morgan fingerprint density at radius 2 is 2.25 bits per heavy atom. The number of nitrogens with zero attached hydrogens (tertiary/aromatic N) is 2. The minimum Gasteiger partial charge on any atom is -0.295 e. The lowest BCUT2D eigenvalue weighted by molar-refractivity contribution is 0.677. The molecule has 2 aromatic heterocycles. The summed E-state index contributed by atoms with van der Waals surface area (Å²) in [5.74, 6) is 0.669. The third-order valence-electron chi connectivity index (χ3n) is 3.15. The molecule has 3 rings (SSSR count). The lowest BCUT2D eigenvalue weighted by Gasteiger charge is -2.05. The van der Waals surface area contributed by atoms with Crippen molar-refractivity contribution in [2.45, 2.75) is 31.6 Å². The van der Waals surface area contributed by atoms with Crippen LogP contribution in [0.25, 0.3) is 5.13 Å². The maximum atomic E-state index is 5.35. The molecule has 0 bridgehead atoms. The summed E-state index contributed by atoms with van der Waals surface area (Å²) in [6.07, 6.45) is 7.06. The van der Waals surface area contributed by atoms with Crippen molar-refractivity contribution in [2.24, 2.45) is 0 Å². The van der Waals surface area contributed by atoms with Crippen molar-refractivity contribution < 1.29 is 0 Å². The lowest BCUT2D eigenvalue weighted by atomic mass is 10.1. The molecule has 0 unspecified atom stereocenters. The van der Waals surface area contributed by atoms with Gasteiger partial charge < -0.3 is 0 Å². The Morgan fingerprint density at radius 3 is 2.94 bits per heavy atom. The molecule has 0 spiro atoms. The summed E-state index contributed by atoms with van der Waals surface area (Å²) < 4.78 is 2.74. The summed E-state index contributed by atoms with van der Waals surface area (Å²) in [6, 6.07) is 2.09. The number of H-pyrrole nitrogens is 1. The van der Waals surface area contributed by atoms with Crippen LogP contribution >= 0.6 is 23.6 Å². The highest BCUT2D eigenvalue weighted by Gasteiger charge is 2.19. The van der Waals surface area contributed by atoms with Crippen LogP contribution < -0.4 is 0 Å². The van der Waals surface area contributed by atoms with Crippen LogP contribution in [0.15, 0.2) is 17.6 Å². The quantitative estimate of drug-likeness (QED) is 0.827. The lowest BCUT2D eigenvalue weighted by Crippen LogP contribution is -1.98. The molecule has 84 valence electrons. The van der Waals surface area contributed by atoms with E-state index in [1.54, 1.807) is 17.5 Å². The zero-order valence-electron chi connectivity index (χ0n) is 8.85. The Bertz CT molecular complexity index is 518. The molecule has 1 aliphatic rings. The van der Waals surface area contributed by atoms with Gasteiger partial charge in [0.1, 0.15) is 4.64 Å². The van der Waals surface area contributed by atoms with E-state index >= 15 is 0 Å². The van der Waals surface area contributed by atoms with Crippen molar-refractivity contribution >= 4 is 23.6 Å². The van der Waals surface area contributed by atoms with E-state index in [9.17, 15) is 0 Å². The molecule has 0 aliphatic heterocycles. The summed E-state index contributed by atoms with van der Waals surface area (Å²) in [5.41, 5.74) is 1.28. The second kappa shape index (κ2) is 4.14. The van der Waals surface area contributed by atoms with Crippen LogP contribution in [0.4, 0.5) is 0 Å². The highest BCUT2D eigenvalue weighted by Crippen LogP contribution is 2.33. The summed E-state index contributed by atoms with van der Waals surface area (Å²) in [4.78, 5) is 4.27. The summed E-state index contributed by atoms with van der Waals surface area (Å²) >= 11 is 6.95. The van der Waals surface area contributed by atoms with Crippen molar-refractivity contribution in [3.63, 3.8) is 0 Å². The number of thiazole rings is 1. The van der Waals surface area contributed by atoms with Crippen LogP contribution in [-0.2, 0) is 0 Å². The van der Waals surface area contributed by atoms with E-state index < -0.39 is 0 Å². The van der Waals surface area contributed by atoms with E-state index in [0.29, 0.717) is 5.92 Å². The van der Waals surface area contributed by atoms with Crippen LogP contribution in [-0.4, -0.2) is 14.8 Å². The van der Waals surface area contributed by atoms with Crippen molar-refractivity contribution in [1.82, 2.24) is 14.8 Å². The standard InChI is InChI=1S/C11H13N3S2/c15-10-7-9(8-3-1-2-4-8)13-14(10)11-12-5-6-16-11/h5-8,13H,1-4H2. The molecule has 0 radical (unpaired) electrons. The van der Waals surface area contributed by atoms with Crippen LogP contribution in [0, 0.1) is 4.64 Å². The molecular formula is C11H13N3S2. The van der Waals surface area contributed by atoms with E-state index in [1.165, 1.54) is 31.4 Å². The van der Waals surface area contributed by atoms with Crippen molar-refractivity contribution in [3.05, 3.63) is 28.0 Å². The molecule has 1 saturated carbocycles. The van der Waals surface area contributed by atoms with Gasteiger partial charge in [0.05, 0.1) is 0 Å². The van der Waals surface area contributed by atoms with E-state index in [4.69, 9.17) is 12.2 Å². The first-order valence-corrected chi connectivity index (χ1v) is 6.85. The number of rotatable bonds is 2. The van der Waals surface area contributed by atoms with E-state index in [1.807, 2.05) is 10.1 Å². The van der Waals surface area contributed by atoms with Gasteiger partial charge in [0, 0.05) is 23.2 Å². The first kappa shape index (κ1) is 10.2. The minimum absolute atomic E-state index is 0.669. The zero-order chi connectivity index (χ0) is 11.0. The van der Waals surface area contributed by atoms with Gasteiger partial charge >= 0.3 is 0 Å². The number of hydrogen-bond donors (Lipinski definition) is 1. The smallest absolute Gasteiger partial charge is 0.209 e. The first-order valence-electron chi connectivity index (χ1n) is 5.56. The highest BCUT2D eigenvalue weighted by atomic mass is 32.1. The number of aromatic nitrogens is 3. The Morgan fingerprint density at radius 1 is 1.44 bits per heavy atom. The molecule has 0 amide bonds. The second-order valence-electron chi connectivity index (χ2n) is 4.18. The average Bonchev–Trinajstić information content (AvgIpc) is 2.97. The SMILES string of the molecule is S=c1cc(C2CCCC2)[nH]n1-c1nccs1. The molecule has 16 heavy (non-hydrogen) atoms. The predicted octanol–water partition coefficient (Wildman–Crippen LogP) is 3.65. The van der Waals surface area contributed by atoms with Gasteiger partial charge in [0.25, 0.3) is 0 Å². The highest BCUT2D eigenvalue weighted by molar-refractivity contribution is 7.71. The average molecular weight is 251 g/mol. The Kier molecular flexibility index (Phi) is 2.65.